The van der Waals surface area contributed by atoms with Crippen LogP contribution in [0, 0.1) is 5.92 Å². The van der Waals surface area contributed by atoms with Crippen LogP contribution in [0.2, 0.25) is 0 Å². The number of amides is 2. The van der Waals surface area contributed by atoms with E-state index in [1.165, 1.54) is 19.3 Å². The zero-order valence-corrected chi connectivity index (χ0v) is 13.5. The van der Waals surface area contributed by atoms with Crippen molar-refractivity contribution in [2.75, 3.05) is 31.5 Å². The number of carbonyl (C=O) groups is 2. The lowest BCUT2D eigenvalue weighted by Gasteiger charge is -2.26. The van der Waals surface area contributed by atoms with Gasteiger partial charge in [0.25, 0.3) is 5.91 Å². The first-order valence-corrected chi connectivity index (χ1v) is 8.62. The number of likely N-dealkylation sites (tertiary alicyclic amines) is 1. The van der Waals surface area contributed by atoms with Crippen LogP contribution in [0.3, 0.4) is 0 Å². The highest BCUT2D eigenvalue weighted by molar-refractivity contribution is 5.97. The summed E-state index contributed by atoms with van der Waals surface area (Å²) in [6, 6.07) is 7.24. The van der Waals surface area contributed by atoms with E-state index in [4.69, 9.17) is 0 Å². The molecule has 2 fully saturated rings. The Bertz CT molecular complexity index is 563. The molecule has 1 heterocycles. The average Bonchev–Trinajstić information content (AvgIpc) is 3.39. The quantitative estimate of drug-likeness (QED) is 0.846. The van der Waals surface area contributed by atoms with E-state index in [9.17, 15) is 9.59 Å². The van der Waals surface area contributed by atoms with Gasteiger partial charge in [0.2, 0.25) is 5.91 Å². The summed E-state index contributed by atoms with van der Waals surface area (Å²) in [5.74, 6) is 0.758. The van der Waals surface area contributed by atoms with Gasteiger partial charge in [-0.3, -0.25) is 9.59 Å². The SMILES string of the molecule is O=C(CNCC1CC1)Nc1cccc(C(=O)N2CCCCC2)c1. The molecule has 1 saturated carbocycles. The molecule has 1 aromatic carbocycles. The highest BCUT2D eigenvalue weighted by Gasteiger charge is 2.21. The standard InChI is InChI=1S/C18H25N3O2/c22-17(13-19-12-14-7-8-14)20-16-6-4-5-15(11-16)18(23)21-9-2-1-3-10-21/h4-6,11,14,19H,1-3,7-10,12-13H2,(H,20,22). The molecule has 0 atom stereocenters. The molecular formula is C18H25N3O2. The molecule has 1 aliphatic heterocycles. The van der Waals surface area contributed by atoms with Crippen LogP contribution in [-0.4, -0.2) is 42.9 Å². The van der Waals surface area contributed by atoms with E-state index < -0.39 is 0 Å². The lowest BCUT2D eigenvalue weighted by Crippen LogP contribution is -2.35. The van der Waals surface area contributed by atoms with Crippen molar-refractivity contribution in [2.45, 2.75) is 32.1 Å². The molecule has 0 bridgehead atoms. The molecule has 0 radical (unpaired) electrons. The first-order chi connectivity index (χ1) is 11.2. The summed E-state index contributed by atoms with van der Waals surface area (Å²) in [6.07, 6.45) is 5.90. The molecule has 0 spiro atoms. The summed E-state index contributed by atoms with van der Waals surface area (Å²) in [7, 11) is 0. The lowest BCUT2D eigenvalue weighted by molar-refractivity contribution is -0.115. The maximum Gasteiger partial charge on any atom is 0.253 e. The van der Waals surface area contributed by atoms with E-state index in [2.05, 4.69) is 10.6 Å². The maximum absolute atomic E-state index is 12.5. The lowest BCUT2D eigenvalue weighted by atomic mass is 10.1. The highest BCUT2D eigenvalue weighted by Crippen LogP contribution is 2.27. The Morgan fingerprint density at radius 2 is 1.91 bits per heavy atom. The van der Waals surface area contributed by atoms with Gasteiger partial charge in [-0.15, -0.1) is 0 Å². The molecule has 2 N–H and O–H groups in total. The van der Waals surface area contributed by atoms with E-state index in [1.807, 2.05) is 23.1 Å². The molecule has 5 nitrogen and oxygen atoms in total. The van der Waals surface area contributed by atoms with Gasteiger partial charge in [0.15, 0.2) is 0 Å². The summed E-state index contributed by atoms with van der Waals surface area (Å²) >= 11 is 0. The topological polar surface area (TPSA) is 61.4 Å². The van der Waals surface area contributed by atoms with Gasteiger partial charge >= 0.3 is 0 Å². The fraction of sp³-hybridized carbons (Fsp3) is 0.556. The van der Waals surface area contributed by atoms with Crippen molar-refractivity contribution in [2.24, 2.45) is 5.92 Å². The summed E-state index contributed by atoms with van der Waals surface area (Å²) in [5, 5.41) is 6.03. The van der Waals surface area contributed by atoms with Crippen molar-refractivity contribution in [3.63, 3.8) is 0 Å². The normalized spacial score (nSPS) is 17.8. The molecular weight excluding hydrogens is 290 g/mol. The van der Waals surface area contributed by atoms with Crippen LogP contribution in [-0.2, 0) is 4.79 Å². The Balaban J connectivity index is 1.53. The Morgan fingerprint density at radius 1 is 1.13 bits per heavy atom. The molecule has 5 heteroatoms. The molecule has 0 aromatic heterocycles. The third-order valence-electron chi connectivity index (χ3n) is 4.45. The molecule has 2 amide bonds. The summed E-state index contributed by atoms with van der Waals surface area (Å²) in [4.78, 5) is 26.3. The van der Waals surface area contributed by atoms with Gasteiger partial charge in [-0.05, 0) is 62.8 Å². The van der Waals surface area contributed by atoms with Gasteiger partial charge < -0.3 is 15.5 Å². The molecule has 23 heavy (non-hydrogen) atoms. The number of piperidine rings is 1. The second-order valence-corrected chi connectivity index (χ2v) is 6.56. The molecule has 1 aromatic rings. The minimum atomic E-state index is -0.0618. The highest BCUT2D eigenvalue weighted by atomic mass is 16.2. The Hall–Kier alpha value is -1.88. The predicted octanol–water partition coefficient (Wildman–Crippen LogP) is 2.25. The van der Waals surface area contributed by atoms with Crippen LogP contribution in [0.25, 0.3) is 0 Å². The molecule has 124 valence electrons. The van der Waals surface area contributed by atoms with Gasteiger partial charge in [0.1, 0.15) is 0 Å². The summed E-state index contributed by atoms with van der Waals surface area (Å²) in [6.45, 7) is 2.91. The van der Waals surface area contributed by atoms with Gasteiger partial charge in [-0.2, -0.15) is 0 Å². The molecule has 1 saturated heterocycles. The zero-order valence-electron chi connectivity index (χ0n) is 13.5. The van der Waals surface area contributed by atoms with Gasteiger partial charge in [0, 0.05) is 24.3 Å². The Morgan fingerprint density at radius 3 is 2.65 bits per heavy atom. The van der Waals surface area contributed by atoms with Crippen LogP contribution in [0.1, 0.15) is 42.5 Å². The maximum atomic E-state index is 12.5. The summed E-state index contributed by atoms with van der Waals surface area (Å²) < 4.78 is 0. The number of nitrogens with zero attached hydrogens (tertiary/aromatic N) is 1. The molecule has 1 aliphatic carbocycles. The zero-order chi connectivity index (χ0) is 16.1. The second kappa shape index (κ2) is 7.59. The van der Waals surface area contributed by atoms with Crippen molar-refractivity contribution in [1.29, 1.82) is 0 Å². The van der Waals surface area contributed by atoms with Crippen LogP contribution >= 0.6 is 0 Å². The Labute approximate surface area is 137 Å². The minimum Gasteiger partial charge on any atom is -0.339 e. The van der Waals surface area contributed by atoms with Crippen LogP contribution in [0.5, 0.6) is 0 Å². The number of benzene rings is 1. The van der Waals surface area contributed by atoms with Gasteiger partial charge in [-0.25, -0.2) is 0 Å². The monoisotopic (exact) mass is 315 g/mol. The fourth-order valence-corrected chi connectivity index (χ4v) is 2.93. The number of anilines is 1. The molecule has 2 aliphatic rings. The van der Waals surface area contributed by atoms with E-state index in [0.717, 1.165) is 38.4 Å². The largest absolute Gasteiger partial charge is 0.339 e. The van der Waals surface area contributed by atoms with Crippen molar-refractivity contribution in [3.05, 3.63) is 29.8 Å². The van der Waals surface area contributed by atoms with Gasteiger partial charge in [-0.1, -0.05) is 6.07 Å². The summed E-state index contributed by atoms with van der Waals surface area (Å²) in [5.41, 5.74) is 1.33. The minimum absolute atomic E-state index is 0.0618. The molecule has 3 rings (SSSR count). The number of carbonyl (C=O) groups excluding carboxylic acids is 2. The van der Waals surface area contributed by atoms with Crippen molar-refractivity contribution in [3.8, 4) is 0 Å². The van der Waals surface area contributed by atoms with Crippen molar-refractivity contribution in [1.82, 2.24) is 10.2 Å². The van der Waals surface area contributed by atoms with Crippen LogP contribution < -0.4 is 10.6 Å². The average molecular weight is 315 g/mol. The van der Waals surface area contributed by atoms with Crippen molar-refractivity contribution < 1.29 is 9.59 Å². The first kappa shape index (κ1) is 16.0. The van der Waals surface area contributed by atoms with E-state index in [1.54, 1.807) is 6.07 Å². The van der Waals surface area contributed by atoms with Crippen LogP contribution in [0.15, 0.2) is 24.3 Å². The van der Waals surface area contributed by atoms with E-state index in [0.29, 0.717) is 17.8 Å². The Kier molecular flexibility index (Phi) is 5.28. The first-order valence-electron chi connectivity index (χ1n) is 8.62. The van der Waals surface area contributed by atoms with Crippen molar-refractivity contribution >= 4 is 17.5 Å². The number of hydrogen-bond donors (Lipinski definition) is 2. The van der Waals surface area contributed by atoms with E-state index in [-0.39, 0.29) is 11.8 Å². The molecule has 0 unspecified atom stereocenters. The van der Waals surface area contributed by atoms with Gasteiger partial charge in [0.05, 0.1) is 6.54 Å². The number of hydrogen-bond acceptors (Lipinski definition) is 3. The second-order valence-electron chi connectivity index (χ2n) is 6.56. The van der Waals surface area contributed by atoms with Crippen LogP contribution in [0.4, 0.5) is 5.69 Å². The van der Waals surface area contributed by atoms with E-state index >= 15 is 0 Å². The third-order valence-corrected chi connectivity index (χ3v) is 4.45. The number of rotatable bonds is 6. The number of nitrogens with one attached hydrogen (secondary N) is 2. The smallest absolute Gasteiger partial charge is 0.253 e. The third kappa shape index (κ3) is 4.79. The predicted molar refractivity (Wildman–Crippen MR) is 90.4 cm³/mol. The fourth-order valence-electron chi connectivity index (χ4n) is 2.93.